The molecule has 0 aliphatic rings. The van der Waals surface area contributed by atoms with Crippen LogP contribution in [-0.4, -0.2) is 5.78 Å². The lowest BCUT2D eigenvalue weighted by atomic mass is 10.0. The van der Waals surface area contributed by atoms with Crippen molar-refractivity contribution >= 4 is 5.78 Å². The number of hydrogen-bond acceptors (Lipinski definition) is 1. The van der Waals surface area contributed by atoms with Gasteiger partial charge in [-0.1, -0.05) is 58.2 Å². The van der Waals surface area contributed by atoms with E-state index in [4.69, 9.17) is 0 Å². The molecule has 0 heterocycles. The van der Waals surface area contributed by atoms with Crippen molar-refractivity contribution in [2.75, 3.05) is 0 Å². The third kappa shape index (κ3) is 19.5. The molecule has 0 spiro atoms. The van der Waals surface area contributed by atoms with Crippen molar-refractivity contribution < 1.29 is 4.79 Å². The third-order valence-electron chi connectivity index (χ3n) is 5.18. The molecule has 164 valence electrons. The zero-order valence-electron chi connectivity index (χ0n) is 20.4. The van der Waals surface area contributed by atoms with Gasteiger partial charge in [-0.3, -0.25) is 0 Å². The van der Waals surface area contributed by atoms with E-state index in [1.807, 2.05) is 0 Å². The first kappa shape index (κ1) is 27.4. The summed E-state index contributed by atoms with van der Waals surface area (Å²) in [7, 11) is 0. The van der Waals surface area contributed by atoms with Crippen molar-refractivity contribution in [3.8, 4) is 0 Å². The SMILES string of the molecule is CC(=O)CC/C(C)=C/CC/C(C)=C/CC/C=C(\C)CC/C=C(\C)CCC=C(C)C. The summed E-state index contributed by atoms with van der Waals surface area (Å²) < 4.78 is 0. The molecule has 0 amide bonds. The third-order valence-corrected chi connectivity index (χ3v) is 5.18. The van der Waals surface area contributed by atoms with Crippen LogP contribution >= 0.6 is 0 Å². The highest BCUT2D eigenvalue weighted by Crippen LogP contribution is 2.14. The van der Waals surface area contributed by atoms with Crippen molar-refractivity contribution in [1.29, 1.82) is 0 Å². The lowest BCUT2D eigenvalue weighted by Crippen LogP contribution is -1.90. The van der Waals surface area contributed by atoms with Crippen LogP contribution in [0.4, 0.5) is 0 Å². The van der Waals surface area contributed by atoms with Gasteiger partial charge in [-0.25, -0.2) is 0 Å². The van der Waals surface area contributed by atoms with Crippen molar-refractivity contribution in [3.05, 3.63) is 58.2 Å². The molecule has 1 heteroatoms. The van der Waals surface area contributed by atoms with Gasteiger partial charge in [0.05, 0.1) is 0 Å². The number of carbonyl (C=O) groups excluding carboxylic acids is 1. The summed E-state index contributed by atoms with van der Waals surface area (Å²) in [5, 5.41) is 0. The molecule has 0 unspecified atom stereocenters. The Bertz CT molecular complexity index is 619. The van der Waals surface area contributed by atoms with Gasteiger partial charge in [-0.2, -0.15) is 0 Å². The van der Waals surface area contributed by atoms with E-state index in [2.05, 4.69) is 71.9 Å². The van der Waals surface area contributed by atoms with Crippen LogP contribution in [0, 0.1) is 0 Å². The molecule has 0 aliphatic heterocycles. The van der Waals surface area contributed by atoms with Gasteiger partial charge >= 0.3 is 0 Å². The molecule has 0 fully saturated rings. The number of unbranched alkanes of at least 4 members (excludes halogenated alkanes) is 1. The Balaban J connectivity index is 4.04. The molecule has 0 atom stereocenters. The van der Waals surface area contributed by atoms with Gasteiger partial charge in [0.1, 0.15) is 5.78 Å². The highest BCUT2D eigenvalue weighted by atomic mass is 16.1. The van der Waals surface area contributed by atoms with Gasteiger partial charge in [0.25, 0.3) is 0 Å². The number of carbonyl (C=O) groups is 1. The summed E-state index contributed by atoms with van der Waals surface area (Å²) in [4.78, 5) is 11.0. The van der Waals surface area contributed by atoms with Gasteiger partial charge in [-0.05, 0) is 106 Å². The Kier molecular flexibility index (Phi) is 16.3. The number of rotatable bonds is 15. The van der Waals surface area contributed by atoms with E-state index in [9.17, 15) is 4.79 Å². The van der Waals surface area contributed by atoms with E-state index < -0.39 is 0 Å². The predicted molar refractivity (Wildman–Crippen MR) is 131 cm³/mol. The van der Waals surface area contributed by atoms with Crippen LogP contribution in [0.2, 0.25) is 0 Å². The van der Waals surface area contributed by atoms with E-state index in [0.717, 1.165) is 38.5 Å². The summed E-state index contributed by atoms with van der Waals surface area (Å²) in [6, 6.07) is 0. The fraction of sp³-hybridized carbons (Fsp3) is 0.607. The Morgan fingerprint density at radius 3 is 1.17 bits per heavy atom. The molecule has 0 aliphatic carbocycles. The molecule has 29 heavy (non-hydrogen) atoms. The topological polar surface area (TPSA) is 17.1 Å². The fourth-order valence-electron chi connectivity index (χ4n) is 3.12. The molecule has 0 saturated heterocycles. The van der Waals surface area contributed by atoms with Crippen molar-refractivity contribution in [3.63, 3.8) is 0 Å². The number of hydrogen-bond donors (Lipinski definition) is 0. The molecule has 0 N–H and O–H groups in total. The molecular formula is C28H46O. The summed E-state index contributed by atoms with van der Waals surface area (Å²) in [5.74, 6) is 0.280. The van der Waals surface area contributed by atoms with Crippen LogP contribution in [0.25, 0.3) is 0 Å². The highest BCUT2D eigenvalue weighted by molar-refractivity contribution is 5.75. The smallest absolute Gasteiger partial charge is 0.130 e. The summed E-state index contributed by atoms with van der Waals surface area (Å²) in [6.07, 6.45) is 22.6. The predicted octanol–water partition coefficient (Wildman–Crippen LogP) is 9.23. The molecule has 0 saturated carbocycles. The monoisotopic (exact) mass is 398 g/mol. The summed E-state index contributed by atoms with van der Waals surface area (Å²) >= 11 is 0. The van der Waals surface area contributed by atoms with Crippen LogP contribution in [0.3, 0.4) is 0 Å². The lowest BCUT2D eigenvalue weighted by molar-refractivity contribution is -0.116. The summed E-state index contributed by atoms with van der Waals surface area (Å²) in [5.41, 5.74) is 7.25. The Labute approximate surface area is 181 Å². The Morgan fingerprint density at radius 1 is 0.448 bits per heavy atom. The van der Waals surface area contributed by atoms with Crippen molar-refractivity contribution in [1.82, 2.24) is 0 Å². The fourth-order valence-corrected chi connectivity index (χ4v) is 3.12. The van der Waals surface area contributed by atoms with Gasteiger partial charge < -0.3 is 4.79 Å². The minimum Gasteiger partial charge on any atom is -0.300 e. The van der Waals surface area contributed by atoms with Crippen LogP contribution in [0.15, 0.2) is 58.2 Å². The first-order valence-electron chi connectivity index (χ1n) is 11.5. The van der Waals surface area contributed by atoms with Crippen molar-refractivity contribution in [2.45, 2.75) is 113 Å². The standard InChI is InChI=1S/C28H46O/c1-23(2)13-10-16-26(5)19-11-17-24(3)14-8-9-15-25(4)18-12-20-27(6)21-22-28(7)29/h13-15,19-20H,8-12,16-18,21-22H2,1-7H3/b24-14+,25-15+,26-19+,27-20+. The van der Waals surface area contributed by atoms with Crippen LogP contribution in [-0.2, 0) is 4.79 Å². The van der Waals surface area contributed by atoms with Gasteiger partial charge in [-0.15, -0.1) is 0 Å². The maximum Gasteiger partial charge on any atom is 0.130 e. The van der Waals surface area contributed by atoms with E-state index in [1.165, 1.54) is 47.1 Å². The molecule has 0 radical (unpaired) electrons. The Morgan fingerprint density at radius 2 is 0.793 bits per heavy atom. The van der Waals surface area contributed by atoms with E-state index in [0.29, 0.717) is 6.42 Å². The number of Topliss-reactive ketones (excluding diaryl/α,β-unsaturated/α-hetero) is 1. The zero-order valence-corrected chi connectivity index (χ0v) is 20.4. The van der Waals surface area contributed by atoms with Gasteiger partial charge in [0.2, 0.25) is 0 Å². The van der Waals surface area contributed by atoms with Crippen LogP contribution < -0.4 is 0 Å². The molecule has 0 rings (SSSR count). The second-order valence-electron chi connectivity index (χ2n) is 8.88. The van der Waals surface area contributed by atoms with Crippen LogP contribution in [0.5, 0.6) is 0 Å². The minimum atomic E-state index is 0.280. The molecule has 0 aromatic rings. The Hall–Kier alpha value is -1.63. The average molecular weight is 399 g/mol. The molecule has 0 bridgehead atoms. The quantitative estimate of drug-likeness (QED) is 0.198. The summed E-state index contributed by atoms with van der Waals surface area (Å²) in [6.45, 7) is 14.9. The highest BCUT2D eigenvalue weighted by Gasteiger charge is 1.96. The second kappa shape index (κ2) is 17.2. The van der Waals surface area contributed by atoms with Gasteiger partial charge in [0.15, 0.2) is 0 Å². The van der Waals surface area contributed by atoms with Crippen molar-refractivity contribution in [2.24, 2.45) is 0 Å². The normalized spacial score (nSPS) is 13.6. The maximum absolute atomic E-state index is 11.0. The van der Waals surface area contributed by atoms with Crippen LogP contribution in [0.1, 0.15) is 113 Å². The zero-order chi connectivity index (χ0) is 22.1. The first-order chi connectivity index (χ1) is 13.7. The van der Waals surface area contributed by atoms with E-state index in [-0.39, 0.29) is 5.78 Å². The van der Waals surface area contributed by atoms with E-state index in [1.54, 1.807) is 6.92 Å². The largest absolute Gasteiger partial charge is 0.300 e. The minimum absolute atomic E-state index is 0.280. The number of ketones is 1. The molecule has 0 aromatic carbocycles. The molecule has 1 nitrogen and oxygen atoms in total. The first-order valence-corrected chi connectivity index (χ1v) is 11.5. The molecular weight excluding hydrogens is 352 g/mol. The second-order valence-corrected chi connectivity index (χ2v) is 8.88. The molecule has 0 aromatic heterocycles. The number of allylic oxidation sites excluding steroid dienone is 10. The average Bonchev–Trinajstić information content (AvgIpc) is 2.63. The maximum atomic E-state index is 11.0. The lowest BCUT2D eigenvalue weighted by Gasteiger charge is -2.02. The van der Waals surface area contributed by atoms with Gasteiger partial charge in [0, 0.05) is 6.42 Å². The van der Waals surface area contributed by atoms with E-state index >= 15 is 0 Å².